The Kier molecular flexibility index (Phi) is 5.28. The minimum atomic E-state index is 0. The van der Waals surface area contributed by atoms with Gasteiger partial charge in [0, 0.05) is 5.75 Å². The highest BCUT2D eigenvalue weighted by atomic mass is 35.5. The van der Waals surface area contributed by atoms with Crippen molar-refractivity contribution in [2.75, 3.05) is 18.8 Å². The van der Waals surface area contributed by atoms with Gasteiger partial charge in [0.2, 0.25) is 0 Å². The lowest BCUT2D eigenvalue weighted by atomic mass is 10.2. The molecule has 0 saturated carbocycles. The third-order valence-corrected chi connectivity index (χ3v) is 4.69. The van der Waals surface area contributed by atoms with Crippen molar-refractivity contribution >= 4 is 46.8 Å². The molecule has 1 aromatic carbocycles. The van der Waals surface area contributed by atoms with Gasteiger partial charge in [-0.1, -0.05) is 23.7 Å². The summed E-state index contributed by atoms with van der Waals surface area (Å²) < 4.78 is 0. The largest absolute Gasteiger partial charge is 0.316 e. The number of hydrogen-bond acceptors (Lipinski definition) is 4. The van der Waals surface area contributed by atoms with Crippen LogP contribution in [-0.4, -0.2) is 28.8 Å². The predicted molar refractivity (Wildman–Crippen MR) is 83.5 cm³/mol. The summed E-state index contributed by atoms with van der Waals surface area (Å²) in [7, 11) is 0. The molecule has 1 fully saturated rings. The Balaban J connectivity index is 0.00000133. The zero-order valence-corrected chi connectivity index (χ0v) is 12.7. The summed E-state index contributed by atoms with van der Waals surface area (Å²) in [5.74, 6) is 1.78. The topological polar surface area (TPSA) is 37.8 Å². The molecule has 3 nitrogen and oxygen atoms in total. The third-order valence-electron chi connectivity index (χ3n) is 3.12. The second kappa shape index (κ2) is 6.75. The van der Waals surface area contributed by atoms with Gasteiger partial charge in [-0.15, -0.1) is 24.2 Å². The molecule has 0 radical (unpaired) electrons. The Morgan fingerprint density at radius 2 is 2.00 bits per heavy atom. The molecule has 102 valence electrons. The van der Waals surface area contributed by atoms with E-state index in [1.165, 1.54) is 6.42 Å². The number of halogens is 2. The first-order valence-electron chi connectivity index (χ1n) is 6.09. The molecule has 1 aliphatic heterocycles. The zero-order valence-electron chi connectivity index (χ0n) is 10.3. The highest BCUT2D eigenvalue weighted by Crippen LogP contribution is 2.28. The summed E-state index contributed by atoms with van der Waals surface area (Å²) in [4.78, 5) is 8.97. The maximum absolute atomic E-state index is 6.18. The number of nitrogens with one attached hydrogen (secondary N) is 1. The molecule has 1 saturated heterocycles. The molecule has 2 heterocycles. The van der Waals surface area contributed by atoms with Gasteiger partial charge in [0.1, 0.15) is 5.03 Å². The van der Waals surface area contributed by atoms with Crippen LogP contribution in [0.25, 0.3) is 11.0 Å². The third kappa shape index (κ3) is 3.51. The minimum Gasteiger partial charge on any atom is -0.316 e. The molecule has 0 amide bonds. The van der Waals surface area contributed by atoms with E-state index < -0.39 is 0 Å². The van der Waals surface area contributed by atoms with Crippen LogP contribution in [0.4, 0.5) is 0 Å². The summed E-state index contributed by atoms with van der Waals surface area (Å²) in [6.45, 7) is 2.23. The summed E-state index contributed by atoms with van der Waals surface area (Å²) >= 11 is 7.89. The number of nitrogens with zero attached hydrogens (tertiary/aromatic N) is 2. The lowest BCUT2D eigenvalue weighted by molar-refractivity contribution is 0.662. The first-order valence-corrected chi connectivity index (χ1v) is 7.45. The average molecular weight is 316 g/mol. The van der Waals surface area contributed by atoms with Crippen molar-refractivity contribution < 1.29 is 0 Å². The van der Waals surface area contributed by atoms with E-state index in [9.17, 15) is 0 Å². The second-order valence-corrected chi connectivity index (χ2v) is 5.84. The van der Waals surface area contributed by atoms with E-state index in [4.69, 9.17) is 11.6 Å². The Morgan fingerprint density at radius 1 is 1.26 bits per heavy atom. The van der Waals surface area contributed by atoms with Crippen molar-refractivity contribution in [3.05, 3.63) is 29.4 Å². The molecule has 19 heavy (non-hydrogen) atoms. The molecule has 0 aliphatic carbocycles. The number of para-hydroxylation sites is 2. The van der Waals surface area contributed by atoms with Gasteiger partial charge in [-0.2, -0.15) is 0 Å². The first kappa shape index (κ1) is 14.9. The normalized spacial score (nSPS) is 18.5. The van der Waals surface area contributed by atoms with Crippen LogP contribution in [0.1, 0.15) is 6.42 Å². The Labute approximate surface area is 128 Å². The minimum absolute atomic E-state index is 0. The van der Waals surface area contributed by atoms with E-state index in [2.05, 4.69) is 15.3 Å². The number of thioether (sulfide) groups is 1. The van der Waals surface area contributed by atoms with Crippen molar-refractivity contribution in [3.63, 3.8) is 0 Å². The Morgan fingerprint density at radius 3 is 2.68 bits per heavy atom. The second-order valence-electron chi connectivity index (χ2n) is 4.48. The number of benzene rings is 1. The molecule has 6 heteroatoms. The van der Waals surface area contributed by atoms with Crippen LogP contribution in [-0.2, 0) is 0 Å². The summed E-state index contributed by atoms with van der Waals surface area (Å²) in [6, 6.07) is 7.83. The molecule has 1 atom stereocenters. The zero-order chi connectivity index (χ0) is 12.4. The van der Waals surface area contributed by atoms with Gasteiger partial charge < -0.3 is 5.32 Å². The van der Waals surface area contributed by atoms with Crippen LogP contribution in [0.5, 0.6) is 0 Å². The van der Waals surface area contributed by atoms with E-state index in [1.54, 1.807) is 11.8 Å². The average Bonchev–Trinajstić information content (AvgIpc) is 2.89. The van der Waals surface area contributed by atoms with Crippen LogP contribution in [0.3, 0.4) is 0 Å². The molecule has 0 spiro atoms. The van der Waals surface area contributed by atoms with Crippen molar-refractivity contribution in [1.29, 1.82) is 0 Å². The van der Waals surface area contributed by atoms with Crippen molar-refractivity contribution in [2.24, 2.45) is 5.92 Å². The van der Waals surface area contributed by atoms with Crippen LogP contribution in [0.15, 0.2) is 29.3 Å². The number of rotatable bonds is 3. The lowest BCUT2D eigenvalue weighted by Gasteiger charge is -2.08. The van der Waals surface area contributed by atoms with Crippen LogP contribution in [0.2, 0.25) is 5.15 Å². The molecule has 1 N–H and O–H groups in total. The molecule has 0 bridgehead atoms. The molecule has 1 unspecified atom stereocenters. The molecule has 1 aliphatic rings. The number of fused-ring (bicyclic) bond motifs is 1. The van der Waals surface area contributed by atoms with Crippen molar-refractivity contribution in [1.82, 2.24) is 15.3 Å². The molecule has 1 aromatic heterocycles. The van der Waals surface area contributed by atoms with Gasteiger partial charge in [-0.25, -0.2) is 9.97 Å². The van der Waals surface area contributed by atoms with Gasteiger partial charge in [0.15, 0.2) is 5.15 Å². The maximum Gasteiger partial charge on any atom is 0.161 e. The standard InChI is InChI=1S/C13H14ClN3S.ClH/c14-12-13(18-8-9-5-6-15-7-9)17-11-4-2-1-3-10(11)16-12;/h1-4,9,15H,5-8H2;1H. The van der Waals surface area contributed by atoms with Crippen molar-refractivity contribution in [2.45, 2.75) is 11.4 Å². The van der Waals surface area contributed by atoms with Crippen LogP contribution < -0.4 is 5.32 Å². The van der Waals surface area contributed by atoms with Gasteiger partial charge >= 0.3 is 0 Å². The number of hydrogen-bond donors (Lipinski definition) is 1. The van der Waals surface area contributed by atoms with E-state index >= 15 is 0 Å². The van der Waals surface area contributed by atoms with Gasteiger partial charge in [-0.05, 0) is 37.6 Å². The van der Waals surface area contributed by atoms with E-state index in [1.807, 2.05) is 24.3 Å². The highest BCUT2D eigenvalue weighted by molar-refractivity contribution is 7.99. The summed E-state index contributed by atoms with van der Waals surface area (Å²) in [5.41, 5.74) is 1.77. The quantitative estimate of drug-likeness (QED) is 0.881. The number of aromatic nitrogens is 2. The maximum atomic E-state index is 6.18. The lowest BCUT2D eigenvalue weighted by Crippen LogP contribution is -2.10. The van der Waals surface area contributed by atoms with Gasteiger partial charge in [0.05, 0.1) is 11.0 Å². The Hall–Kier alpha value is -0.550. The Bertz CT molecular complexity index is 559. The van der Waals surface area contributed by atoms with Gasteiger partial charge in [-0.3, -0.25) is 0 Å². The molecule has 2 aromatic rings. The van der Waals surface area contributed by atoms with Crippen LogP contribution >= 0.6 is 35.8 Å². The highest BCUT2D eigenvalue weighted by Gasteiger charge is 2.16. The molecule has 3 rings (SSSR count). The predicted octanol–water partition coefficient (Wildman–Crippen LogP) is 3.41. The van der Waals surface area contributed by atoms with E-state index in [-0.39, 0.29) is 12.4 Å². The van der Waals surface area contributed by atoms with E-state index in [0.29, 0.717) is 5.15 Å². The molecular weight excluding hydrogens is 301 g/mol. The van der Waals surface area contributed by atoms with Crippen LogP contribution in [0, 0.1) is 5.92 Å². The smallest absolute Gasteiger partial charge is 0.161 e. The molecular formula is C13H15Cl2N3S. The summed E-state index contributed by atoms with van der Waals surface area (Å²) in [5, 5.41) is 4.74. The van der Waals surface area contributed by atoms with Gasteiger partial charge in [0.25, 0.3) is 0 Å². The monoisotopic (exact) mass is 315 g/mol. The SMILES string of the molecule is Cl.Clc1nc2ccccc2nc1SCC1CCNC1. The first-order chi connectivity index (χ1) is 8.83. The fourth-order valence-electron chi connectivity index (χ4n) is 2.11. The summed E-state index contributed by atoms with van der Waals surface area (Å²) in [6.07, 6.45) is 1.24. The van der Waals surface area contributed by atoms with E-state index in [0.717, 1.165) is 40.8 Å². The fourth-order valence-corrected chi connectivity index (χ4v) is 3.41. The van der Waals surface area contributed by atoms with Crippen molar-refractivity contribution in [3.8, 4) is 0 Å². The fraction of sp³-hybridized carbons (Fsp3) is 0.385.